The fraction of sp³-hybridized carbons (Fsp3) is 0.786. The molecule has 112 valence electrons. The van der Waals surface area contributed by atoms with Crippen LogP contribution in [0.3, 0.4) is 0 Å². The van der Waals surface area contributed by atoms with Gasteiger partial charge in [0, 0.05) is 25.0 Å². The summed E-state index contributed by atoms with van der Waals surface area (Å²) in [5, 5.41) is 11.7. The average molecular weight is 282 g/mol. The number of rotatable bonds is 4. The van der Waals surface area contributed by atoms with E-state index in [4.69, 9.17) is 5.11 Å². The Labute approximate surface area is 118 Å². The second-order valence-corrected chi connectivity index (χ2v) is 6.05. The van der Waals surface area contributed by atoms with Gasteiger partial charge in [0.25, 0.3) is 0 Å². The highest BCUT2D eigenvalue weighted by Crippen LogP contribution is 2.38. The lowest BCUT2D eigenvalue weighted by Crippen LogP contribution is -2.48. The number of carboxylic acid groups (broad SMARTS) is 1. The highest BCUT2D eigenvalue weighted by molar-refractivity contribution is 5.89. The number of carbonyl (C=O) groups excluding carboxylic acids is 2. The Morgan fingerprint density at radius 3 is 2.20 bits per heavy atom. The van der Waals surface area contributed by atoms with E-state index in [1.54, 1.807) is 0 Å². The first kappa shape index (κ1) is 14.8. The molecule has 2 atom stereocenters. The molecule has 1 aliphatic carbocycles. The molecule has 2 amide bonds. The largest absolute Gasteiger partial charge is 0.481 e. The molecule has 1 saturated heterocycles. The van der Waals surface area contributed by atoms with Gasteiger partial charge in [0.2, 0.25) is 11.8 Å². The van der Waals surface area contributed by atoms with Crippen LogP contribution in [0, 0.1) is 17.8 Å². The summed E-state index contributed by atoms with van der Waals surface area (Å²) in [4.78, 5) is 36.3. The zero-order chi connectivity index (χ0) is 14.9. The second-order valence-electron chi connectivity index (χ2n) is 6.05. The zero-order valence-corrected chi connectivity index (χ0v) is 12.0. The summed E-state index contributed by atoms with van der Waals surface area (Å²) < 4.78 is 0. The van der Waals surface area contributed by atoms with E-state index >= 15 is 0 Å². The number of carboxylic acids is 1. The summed E-state index contributed by atoms with van der Waals surface area (Å²) in [5.74, 6) is -1.74. The first-order valence-electron chi connectivity index (χ1n) is 7.22. The lowest BCUT2D eigenvalue weighted by Gasteiger charge is -2.33. The normalized spacial score (nSPS) is 26.4. The smallest absolute Gasteiger partial charge is 0.307 e. The molecular weight excluding hydrogens is 260 g/mol. The van der Waals surface area contributed by atoms with Crippen LogP contribution in [-0.2, 0) is 14.4 Å². The maximum atomic E-state index is 11.9. The van der Waals surface area contributed by atoms with Gasteiger partial charge in [0.1, 0.15) is 0 Å². The summed E-state index contributed by atoms with van der Waals surface area (Å²) in [6.07, 6.45) is 1.94. The number of piperidine rings is 1. The molecule has 6 nitrogen and oxygen atoms in total. The number of nitrogens with zero attached hydrogens (tertiary/aromatic N) is 1. The summed E-state index contributed by atoms with van der Waals surface area (Å²) in [7, 11) is 0. The molecule has 2 unspecified atom stereocenters. The third-order valence-electron chi connectivity index (χ3n) is 4.09. The number of nitrogens with one attached hydrogen (secondary N) is 1. The van der Waals surface area contributed by atoms with Gasteiger partial charge in [-0.3, -0.25) is 14.4 Å². The molecule has 2 aliphatic rings. The predicted molar refractivity (Wildman–Crippen MR) is 71.8 cm³/mol. The minimum atomic E-state index is -0.887. The molecule has 2 rings (SSSR count). The van der Waals surface area contributed by atoms with Crippen molar-refractivity contribution in [3.63, 3.8) is 0 Å². The van der Waals surface area contributed by atoms with E-state index in [0.29, 0.717) is 19.5 Å². The first-order chi connectivity index (χ1) is 9.40. The van der Waals surface area contributed by atoms with E-state index in [1.807, 2.05) is 18.7 Å². The number of hydrogen-bond donors (Lipinski definition) is 2. The zero-order valence-electron chi connectivity index (χ0n) is 12.0. The van der Waals surface area contributed by atoms with Gasteiger partial charge in [0.15, 0.2) is 0 Å². The van der Waals surface area contributed by atoms with E-state index in [2.05, 4.69) is 5.32 Å². The Kier molecular flexibility index (Phi) is 4.30. The minimum absolute atomic E-state index is 0.00364. The van der Waals surface area contributed by atoms with Gasteiger partial charge < -0.3 is 15.3 Å². The van der Waals surface area contributed by atoms with Crippen LogP contribution in [0.1, 0.15) is 33.1 Å². The minimum Gasteiger partial charge on any atom is -0.481 e. The van der Waals surface area contributed by atoms with Crippen LogP contribution >= 0.6 is 0 Å². The third kappa shape index (κ3) is 3.29. The second kappa shape index (κ2) is 5.81. The summed E-state index contributed by atoms with van der Waals surface area (Å²) in [6.45, 7) is 5.09. The first-order valence-corrected chi connectivity index (χ1v) is 7.22. The number of carbonyl (C=O) groups is 3. The molecule has 6 heteroatoms. The van der Waals surface area contributed by atoms with Crippen molar-refractivity contribution in [3.8, 4) is 0 Å². The number of likely N-dealkylation sites (tertiary alicyclic amines) is 1. The average Bonchev–Trinajstić information content (AvgIpc) is 3.19. The van der Waals surface area contributed by atoms with Crippen molar-refractivity contribution in [2.24, 2.45) is 17.8 Å². The Morgan fingerprint density at radius 2 is 1.75 bits per heavy atom. The SMILES string of the molecule is CC(C)C(=O)N1CCC(NC(=O)C2CC2C(=O)O)CC1. The molecule has 0 aromatic rings. The van der Waals surface area contributed by atoms with Crippen molar-refractivity contribution in [1.82, 2.24) is 10.2 Å². The van der Waals surface area contributed by atoms with Crippen molar-refractivity contribution in [2.75, 3.05) is 13.1 Å². The van der Waals surface area contributed by atoms with Crippen molar-refractivity contribution >= 4 is 17.8 Å². The van der Waals surface area contributed by atoms with Crippen LogP contribution in [0.5, 0.6) is 0 Å². The Balaban J connectivity index is 1.74. The molecular formula is C14H22N2O4. The lowest BCUT2D eigenvalue weighted by atomic mass is 10.0. The number of hydrogen-bond acceptors (Lipinski definition) is 3. The van der Waals surface area contributed by atoms with E-state index in [-0.39, 0.29) is 29.7 Å². The van der Waals surface area contributed by atoms with Crippen LogP contribution in [0.25, 0.3) is 0 Å². The fourth-order valence-electron chi connectivity index (χ4n) is 2.68. The maximum Gasteiger partial charge on any atom is 0.307 e. The van der Waals surface area contributed by atoms with Crippen molar-refractivity contribution in [2.45, 2.75) is 39.2 Å². The molecule has 0 aromatic heterocycles. The Morgan fingerprint density at radius 1 is 1.15 bits per heavy atom. The molecule has 2 fully saturated rings. The number of aliphatic carboxylic acids is 1. The van der Waals surface area contributed by atoms with Crippen molar-refractivity contribution in [3.05, 3.63) is 0 Å². The van der Waals surface area contributed by atoms with Gasteiger partial charge in [-0.15, -0.1) is 0 Å². The highest BCUT2D eigenvalue weighted by atomic mass is 16.4. The van der Waals surface area contributed by atoms with Gasteiger partial charge in [-0.25, -0.2) is 0 Å². The summed E-state index contributed by atoms with van der Waals surface area (Å²) in [6, 6.07) is 0.0637. The summed E-state index contributed by atoms with van der Waals surface area (Å²) >= 11 is 0. The molecule has 0 aromatic carbocycles. The lowest BCUT2D eigenvalue weighted by molar-refractivity contribution is -0.140. The Hall–Kier alpha value is -1.59. The molecule has 0 spiro atoms. The quantitative estimate of drug-likeness (QED) is 0.784. The third-order valence-corrected chi connectivity index (χ3v) is 4.09. The molecule has 0 bridgehead atoms. The van der Waals surface area contributed by atoms with Gasteiger partial charge >= 0.3 is 5.97 Å². The van der Waals surface area contributed by atoms with E-state index in [1.165, 1.54) is 0 Å². The molecule has 2 N–H and O–H groups in total. The van der Waals surface area contributed by atoms with Gasteiger partial charge in [-0.2, -0.15) is 0 Å². The maximum absolute atomic E-state index is 11.9. The van der Waals surface area contributed by atoms with Crippen LogP contribution in [0.2, 0.25) is 0 Å². The van der Waals surface area contributed by atoms with Crippen molar-refractivity contribution in [1.29, 1.82) is 0 Å². The predicted octanol–water partition coefficient (Wildman–Crippen LogP) is 0.470. The standard InChI is InChI=1S/C14H22N2O4/c1-8(2)13(18)16-5-3-9(4-6-16)15-12(17)10-7-11(10)14(19)20/h8-11H,3-7H2,1-2H3,(H,15,17)(H,19,20). The Bertz CT molecular complexity index is 413. The molecule has 20 heavy (non-hydrogen) atoms. The molecule has 0 radical (unpaired) electrons. The molecule has 1 heterocycles. The number of amides is 2. The monoisotopic (exact) mass is 282 g/mol. The van der Waals surface area contributed by atoms with E-state index in [9.17, 15) is 14.4 Å². The van der Waals surface area contributed by atoms with Crippen LogP contribution < -0.4 is 5.32 Å². The van der Waals surface area contributed by atoms with Crippen LogP contribution in [-0.4, -0.2) is 46.9 Å². The van der Waals surface area contributed by atoms with Gasteiger partial charge in [-0.05, 0) is 19.3 Å². The van der Waals surface area contributed by atoms with E-state index < -0.39 is 11.9 Å². The van der Waals surface area contributed by atoms with Crippen LogP contribution in [0.15, 0.2) is 0 Å². The van der Waals surface area contributed by atoms with Gasteiger partial charge in [-0.1, -0.05) is 13.8 Å². The molecule has 1 saturated carbocycles. The summed E-state index contributed by atoms with van der Waals surface area (Å²) in [5.41, 5.74) is 0. The fourth-order valence-corrected chi connectivity index (χ4v) is 2.68. The van der Waals surface area contributed by atoms with Gasteiger partial charge in [0.05, 0.1) is 11.8 Å². The molecule has 1 aliphatic heterocycles. The van der Waals surface area contributed by atoms with Crippen LogP contribution in [0.4, 0.5) is 0 Å². The topological polar surface area (TPSA) is 86.7 Å². The highest BCUT2D eigenvalue weighted by Gasteiger charge is 2.48. The van der Waals surface area contributed by atoms with E-state index in [0.717, 1.165) is 12.8 Å². The van der Waals surface area contributed by atoms with Crippen molar-refractivity contribution < 1.29 is 19.5 Å².